The summed E-state index contributed by atoms with van der Waals surface area (Å²) in [6.45, 7) is 4.15. The van der Waals surface area contributed by atoms with Crippen LogP contribution in [0.1, 0.15) is 26.7 Å². The number of H-pyrrole nitrogens is 1. The van der Waals surface area contributed by atoms with E-state index in [0.29, 0.717) is 36.5 Å². The largest absolute Gasteiger partial charge is 0.493 e. The number of carbonyl (C=O) groups is 1. The van der Waals surface area contributed by atoms with Gasteiger partial charge in [0.05, 0.1) is 12.2 Å². The van der Waals surface area contributed by atoms with Crippen LogP contribution in [0.4, 0.5) is 11.5 Å². The number of anilines is 2. The fraction of sp³-hybridized carbons (Fsp3) is 0.261. The van der Waals surface area contributed by atoms with Crippen LogP contribution in [-0.2, 0) is 4.79 Å². The van der Waals surface area contributed by atoms with Crippen molar-refractivity contribution in [1.82, 2.24) is 9.97 Å². The van der Waals surface area contributed by atoms with Crippen LogP contribution < -0.4 is 26.5 Å². The van der Waals surface area contributed by atoms with Crippen molar-refractivity contribution in [3.8, 4) is 34.0 Å². The Bertz CT molecular complexity index is 1180. The van der Waals surface area contributed by atoms with Crippen LogP contribution >= 0.6 is 0 Å². The topological polar surface area (TPSA) is 154 Å². The highest BCUT2D eigenvalue weighted by Crippen LogP contribution is 2.34. The molecule has 3 aromatic rings. The van der Waals surface area contributed by atoms with Crippen LogP contribution in [0.2, 0.25) is 0 Å². The van der Waals surface area contributed by atoms with Crippen molar-refractivity contribution < 1.29 is 19.4 Å². The van der Waals surface area contributed by atoms with Crippen LogP contribution in [0.25, 0.3) is 22.5 Å². The highest BCUT2D eigenvalue weighted by atomic mass is 16.5. The van der Waals surface area contributed by atoms with Crippen molar-refractivity contribution in [2.75, 3.05) is 18.1 Å². The van der Waals surface area contributed by atoms with Gasteiger partial charge in [0.15, 0.2) is 11.9 Å². The number of aliphatic carboxylic acids is 1. The molecule has 0 aliphatic rings. The van der Waals surface area contributed by atoms with E-state index in [1.165, 1.54) is 0 Å². The first-order chi connectivity index (χ1) is 15.3. The van der Waals surface area contributed by atoms with E-state index in [0.717, 1.165) is 11.1 Å². The average molecular weight is 438 g/mol. The fourth-order valence-corrected chi connectivity index (χ4v) is 3.21. The summed E-state index contributed by atoms with van der Waals surface area (Å²) in [5.74, 6) is 0.156. The number of nitrogens with one attached hydrogen (secondary N) is 1. The number of aromatic amines is 1. The van der Waals surface area contributed by atoms with Crippen LogP contribution in [-0.4, -0.2) is 33.8 Å². The SMILES string of the molecule is CCCC(Oc1cccc(-c2ccc(-c3nc(N)c(N)c(=O)[nH]3)c(OCC)c2)c1)C(=O)O. The first kappa shape index (κ1) is 22.7. The summed E-state index contributed by atoms with van der Waals surface area (Å²) in [5, 5.41) is 9.35. The van der Waals surface area contributed by atoms with Gasteiger partial charge in [0, 0.05) is 0 Å². The van der Waals surface area contributed by atoms with E-state index >= 15 is 0 Å². The first-order valence-electron chi connectivity index (χ1n) is 10.3. The highest BCUT2D eigenvalue weighted by molar-refractivity contribution is 5.76. The summed E-state index contributed by atoms with van der Waals surface area (Å²) in [6, 6.07) is 12.6. The van der Waals surface area contributed by atoms with Crippen LogP contribution in [0.15, 0.2) is 47.3 Å². The highest BCUT2D eigenvalue weighted by Gasteiger charge is 2.19. The number of rotatable bonds is 9. The minimum Gasteiger partial charge on any atom is -0.493 e. The molecule has 0 fully saturated rings. The number of ether oxygens (including phenoxy) is 2. The number of benzene rings is 2. The number of hydrogen-bond donors (Lipinski definition) is 4. The number of aromatic nitrogens is 2. The molecule has 32 heavy (non-hydrogen) atoms. The lowest BCUT2D eigenvalue weighted by Gasteiger charge is -2.16. The zero-order valence-corrected chi connectivity index (χ0v) is 17.9. The van der Waals surface area contributed by atoms with E-state index in [1.807, 2.05) is 32.0 Å². The van der Waals surface area contributed by atoms with E-state index < -0.39 is 17.6 Å². The van der Waals surface area contributed by atoms with Crippen molar-refractivity contribution in [2.45, 2.75) is 32.8 Å². The molecule has 1 heterocycles. The molecule has 0 saturated heterocycles. The number of nitrogens with two attached hydrogens (primary N) is 2. The fourth-order valence-electron chi connectivity index (χ4n) is 3.21. The molecule has 0 bridgehead atoms. The van der Waals surface area contributed by atoms with E-state index in [2.05, 4.69) is 9.97 Å². The number of hydrogen-bond acceptors (Lipinski definition) is 7. The lowest BCUT2D eigenvalue weighted by molar-refractivity contribution is -0.145. The van der Waals surface area contributed by atoms with Gasteiger partial charge in [-0.15, -0.1) is 0 Å². The molecule has 168 valence electrons. The average Bonchev–Trinajstić information content (AvgIpc) is 2.77. The third-order valence-electron chi connectivity index (χ3n) is 4.79. The quantitative estimate of drug-likeness (QED) is 0.397. The maximum Gasteiger partial charge on any atom is 0.344 e. The maximum atomic E-state index is 12.0. The summed E-state index contributed by atoms with van der Waals surface area (Å²) in [5.41, 5.74) is 12.9. The predicted molar refractivity (Wildman–Crippen MR) is 123 cm³/mol. The molecule has 6 N–H and O–H groups in total. The summed E-state index contributed by atoms with van der Waals surface area (Å²) in [7, 11) is 0. The molecule has 0 radical (unpaired) electrons. The van der Waals surface area contributed by atoms with Gasteiger partial charge in [-0.3, -0.25) is 4.79 Å². The van der Waals surface area contributed by atoms with E-state index in [1.54, 1.807) is 24.3 Å². The molecule has 0 saturated carbocycles. The molecule has 9 heteroatoms. The Hall–Kier alpha value is -4.01. The summed E-state index contributed by atoms with van der Waals surface area (Å²) < 4.78 is 11.5. The zero-order chi connectivity index (χ0) is 23.3. The van der Waals surface area contributed by atoms with Gasteiger partial charge in [0.25, 0.3) is 5.56 Å². The Morgan fingerprint density at radius 2 is 1.91 bits per heavy atom. The second kappa shape index (κ2) is 9.86. The number of carboxylic acids is 1. The predicted octanol–water partition coefficient (Wildman–Crippen LogP) is 3.30. The number of nitrogen functional groups attached to an aromatic ring is 2. The van der Waals surface area contributed by atoms with Crippen molar-refractivity contribution in [3.63, 3.8) is 0 Å². The molecular weight excluding hydrogens is 412 g/mol. The minimum atomic E-state index is -0.996. The van der Waals surface area contributed by atoms with E-state index in [4.69, 9.17) is 20.9 Å². The van der Waals surface area contributed by atoms with E-state index in [9.17, 15) is 14.7 Å². The molecule has 3 rings (SSSR count). The molecule has 2 aromatic carbocycles. The van der Waals surface area contributed by atoms with Gasteiger partial charge < -0.3 is 31.0 Å². The normalized spacial score (nSPS) is 11.7. The molecule has 0 spiro atoms. The van der Waals surface area contributed by atoms with Gasteiger partial charge in [-0.1, -0.05) is 31.5 Å². The van der Waals surface area contributed by atoms with Gasteiger partial charge in [-0.05, 0) is 48.7 Å². The smallest absolute Gasteiger partial charge is 0.344 e. The third-order valence-corrected chi connectivity index (χ3v) is 4.79. The molecule has 1 aromatic heterocycles. The van der Waals surface area contributed by atoms with Crippen LogP contribution in [0.5, 0.6) is 11.5 Å². The third kappa shape index (κ3) is 5.00. The van der Waals surface area contributed by atoms with Crippen molar-refractivity contribution >= 4 is 17.5 Å². The molecule has 0 aliphatic heterocycles. The van der Waals surface area contributed by atoms with Gasteiger partial charge in [0.1, 0.15) is 23.0 Å². The monoisotopic (exact) mass is 438 g/mol. The van der Waals surface area contributed by atoms with Crippen molar-refractivity contribution in [3.05, 3.63) is 52.8 Å². The van der Waals surface area contributed by atoms with Gasteiger partial charge in [0.2, 0.25) is 0 Å². The maximum absolute atomic E-state index is 12.0. The minimum absolute atomic E-state index is 0.0554. The molecule has 9 nitrogen and oxygen atoms in total. The lowest BCUT2D eigenvalue weighted by atomic mass is 10.0. The van der Waals surface area contributed by atoms with Crippen LogP contribution in [0.3, 0.4) is 0 Å². The summed E-state index contributed by atoms with van der Waals surface area (Å²) >= 11 is 0. The Morgan fingerprint density at radius 3 is 2.56 bits per heavy atom. The van der Waals surface area contributed by atoms with Gasteiger partial charge in [-0.2, -0.15) is 0 Å². The molecular formula is C23H26N4O5. The number of nitrogens with zero attached hydrogens (tertiary/aromatic N) is 1. The first-order valence-corrected chi connectivity index (χ1v) is 10.3. The van der Waals surface area contributed by atoms with Gasteiger partial charge >= 0.3 is 5.97 Å². The summed E-state index contributed by atoms with van der Waals surface area (Å²) in [6.07, 6.45) is 0.204. The summed E-state index contributed by atoms with van der Waals surface area (Å²) in [4.78, 5) is 30.2. The lowest BCUT2D eigenvalue weighted by Crippen LogP contribution is -2.26. The Kier molecular flexibility index (Phi) is 6.99. The Balaban J connectivity index is 1.99. The van der Waals surface area contributed by atoms with E-state index in [-0.39, 0.29) is 17.3 Å². The molecule has 0 aliphatic carbocycles. The van der Waals surface area contributed by atoms with Crippen molar-refractivity contribution in [2.24, 2.45) is 0 Å². The van der Waals surface area contributed by atoms with Crippen molar-refractivity contribution in [1.29, 1.82) is 0 Å². The molecule has 1 atom stereocenters. The standard InChI is InChI=1S/C23H26N4O5/c1-3-6-17(23(29)30)32-15-8-5-7-13(11-15)14-9-10-16(18(12-14)31-4-2)21-26-20(25)19(24)22(28)27-21/h5,7-12,17H,3-4,6,24H2,1-2H3,(H,29,30)(H3,25,26,27,28). The Labute approximate surface area is 185 Å². The number of carboxylic acid groups (broad SMARTS) is 1. The zero-order valence-electron chi connectivity index (χ0n) is 17.9. The molecule has 0 amide bonds. The van der Waals surface area contributed by atoms with Crippen LogP contribution in [0, 0.1) is 0 Å². The van der Waals surface area contributed by atoms with Gasteiger partial charge in [-0.25, -0.2) is 9.78 Å². The Morgan fingerprint density at radius 1 is 1.16 bits per heavy atom. The second-order valence-electron chi connectivity index (χ2n) is 7.12. The molecule has 1 unspecified atom stereocenters. The second-order valence-corrected chi connectivity index (χ2v) is 7.12.